The van der Waals surface area contributed by atoms with Crippen LogP contribution in [0.3, 0.4) is 0 Å². The zero-order valence-corrected chi connectivity index (χ0v) is 31.9. The summed E-state index contributed by atoms with van der Waals surface area (Å²) in [7, 11) is 0. The predicted octanol–water partition coefficient (Wildman–Crippen LogP) is 12.3. The minimum absolute atomic E-state index is 0.0346. The van der Waals surface area contributed by atoms with Gasteiger partial charge in [-0.1, -0.05) is 177 Å². The Labute approximate surface area is 311 Å². The molecule has 0 bridgehead atoms. The monoisotopic (exact) mass is 691 g/mol. The zero-order chi connectivity index (χ0) is 34.4. The summed E-state index contributed by atoms with van der Waals surface area (Å²) >= 11 is 0. The molecule has 0 amide bonds. The van der Waals surface area contributed by atoms with Crippen molar-refractivity contribution in [3.05, 3.63) is 59.7 Å². The SMILES string of the molecule is OC1C(C2CCCCC2)CC(C2(C3CC(C4CCCCC4)C(O)C(C4CCCCC4)C3)c3ccccc3-c3ccccc32)CC1C1CCCCC1. The lowest BCUT2D eigenvalue weighted by Crippen LogP contribution is -2.55. The lowest BCUT2D eigenvalue weighted by atomic mass is 9.47. The average Bonchev–Trinajstić information content (AvgIpc) is 3.50. The molecule has 0 radical (unpaired) electrons. The summed E-state index contributed by atoms with van der Waals surface area (Å²) in [6, 6.07) is 19.4. The van der Waals surface area contributed by atoms with Crippen molar-refractivity contribution >= 4 is 0 Å². The summed E-state index contributed by atoms with van der Waals surface area (Å²) in [6.45, 7) is 0. The molecule has 6 saturated carbocycles. The van der Waals surface area contributed by atoms with Gasteiger partial charge in [-0.2, -0.15) is 0 Å². The van der Waals surface area contributed by atoms with Gasteiger partial charge in [0, 0.05) is 5.41 Å². The van der Waals surface area contributed by atoms with Gasteiger partial charge >= 0.3 is 0 Å². The first-order valence-corrected chi connectivity index (χ1v) is 22.7. The Morgan fingerprint density at radius 1 is 0.373 bits per heavy atom. The van der Waals surface area contributed by atoms with Gasteiger partial charge in [-0.05, 0) is 107 Å². The van der Waals surface area contributed by atoms with Crippen LogP contribution in [0.2, 0.25) is 0 Å². The van der Waals surface area contributed by atoms with E-state index >= 15 is 0 Å². The van der Waals surface area contributed by atoms with Gasteiger partial charge in [0.05, 0.1) is 12.2 Å². The molecule has 0 aromatic heterocycles. The normalized spacial score (nSPS) is 37.1. The van der Waals surface area contributed by atoms with E-state index in [0.717, 1.165) is 0 Å². The minimum atomic E-state index is -0.130. The predicted molar refractivity (Wildman–Crippen MR) is 210 cm³/mol. The molecule has 4 unspecified atom stereocenters. The fourth-order valence-electron chi connectivity index (χ4n) is 15.1. The van der Waals surface area contributed by atoms with Gasteiger partial charge in [0.25, 0.3) is 0 Å². The third-order valence-corrected chi connectivity index (χ3v) is 17.3. The van der Waals surface area contributed by atoms with Crippen LogP contribution in [0.15, 0.2) is 48.5 Å². The third-order valence-electron chi connectivity index (χ3n) is 17.3. The molecule has 9 rings (SSSR count). The molecule has 2 nitrogen and oxygen atoms in total. The largest absolute Gasteiger partial charge is 0.393 e. The number of hydrogen-bond acceptors (Lipinski definition) is 2. The van der Waals surface area contributed by atoms with Gasteiger partial charge in [0.2, 0.25) is 0 Å². The van der Waals surface area contributed by atoms with Gasteiger partial charge in [-0.15, -0.1) is 0 Å². The van der Waals surface area contributed by atoms with Crippen molar-refractivity contribution in [3.8, 4) is 11.1 Å². The zero-order valence-electron chi connectivity index (χ0n) is 31.9. The molecule has 278 valence electrons. The van der Waals surface area contributed by atoms with Crippen molar-refractivity contribution in [2.45, 2.75) is 172 Å². The molecule has 2 N–H and O–H groups in total. The Bertz CT molecular complexity index is 1270. The van der Waals surface area contributed by atoms with Gasteiger partial charge in [0.1, 0.15) is 0 Å². The molecule has 0 aliphatic heterocycles. The van der Waals surface area contributed by atoms with E-state index < -0.39 is 0 Å². The number of fused-ring (bicyclic) bond motifs is 3. The molecule has 0 spiro atoms. The van der Waals surface area contributed by atoms with Crippen LogP contribution < -0.4 is 0 Å². The Morgan fingerprint density at radius 2 is 0.647 bits per heavy atom. The highest BCUT2D eigenvalue weighted by molar-refractivity contribution is 5.81. The minimum Gasteiger partial charge on any atom is -0.393 e. The van der Waals surface area contributed by atoms with E-state index in [0.29, 0.717) is 59.2 Å². The average molecular weight is 691 g/mol. The summed E-state index contributed by atoms with van der Waals surface area (Å²) in [5.41, 5.74) is 6.22. The van der Waals surface area contributed by atoms with Gasteiger partial charge in [0.15, 0.2) is 0 Å². The molecule has 2 aromatic carbocycles. The summed E-state index contributed by atoms with van der Waals surface area (Å²) in [4.78, 5) is 0. The first kappa shape index (κ1) is 35.1. The number of aliphatic hydroxyl groups is 2. The smallest absolute Gasteiger partial charge is 0.0602 e. The first-order chi connectivity index (χ1) is 25.1. The Balaban J connectivity index is 1.20. The maximum atomic E-state index is 12.6. The highest BCUT2D eigenvalue weighted by Crippen LogP contribution is 2.66. The van der Waals surface area contributed by atoms with Crippen LogP contribution in [0.25, 0.3) is 11.1 Å². The Kier molecular flexibility index (Phi) is 10.5. The molecule has 2 heteroatoms. The Hall–Kier alpha value is -1.64. The summed E-state index contributed by atoms with van der Waals surface area (Å²) in [5.74, 6) is 5.57. The van der Waals surface area contributed by atoms with E-state index in [9.17, 15) is 10.2 Å². The van der Waals surface area contributed by atoms with Crippen LogP contribution in [-0.4, -0.2) is 22.4 Å². The standard InChI is InChI=1S/C49H70O2/c50-47-41(33-17-5-1-6-18-33)29-37(30-42(47)34-19-7-2-8-20-34)49(45-27-15-13-25-39(45)40-26-14-16-28-46(40)49)38-31-43(35-21-9-3-10-22-35)48(51)44(32-38)36-23-11-4-12-24-36/h13-16,25-28,33-38,41-44,47-48,50-51H,1-12,17-24,29-32H2. The molecular weight excluding hydrogens is 621 g/mol. The van der Waals surface area contributed by atoms with Crippen molar-refractivity contribution in [2.75, 3.05) is 0 Å². The van der Waals surface area contributed by atoms with Crippen LogP contribution in [-0.2, 0) is 5.41 Å². The van der Waals surface area contributed by atoms with Crippen molar-refractivity contribution < 1.29 is 10.2 Å². The summed E-state index contributed by atoms with van der Waals surface area (Å²) in [5, 5.41) is 25.2. The molecule has 7 aliphatic carbocycles. The molecule has 0 saturated heterocycles. The maximum absolute atomic E-state index is 12.6. The molecular formula is C49H70O2. The summed E-state index contributed by atoms with van der Waals surface area (Å²) in [6.07, 6.45) is 31.5. The number of benzene rings is 2. The molecule has 2 aromatic rings. The Morgan fingerprint density at radius 3 is 0.941 bits per heavy atom. The van der Waals surface area contributed by atoms with Gasteiger partial charge in [-0.25, -0.2) is 0 Å². The fourth-order valence-corrected chi connectivity index (χ4v) is 15.1. The van der Waals surface area contributed by atoms with Crippen molar-refractivity contribution in [1.29, 1.82) is 0 Å². The molecule has 4 atom stereocenters. The lowest BCUT2D eigenvalue weighted by Gasteiger charge is -2.57. The van der Waals surface area contributed by atoms with Crippen LogP contribution >= 0.6 is 0 Å². The van der Waals surface area contributed by atoms with Crippen molar-refractivity contribution in [2.24, 2.45) is 59.2 Å². The van der Waals surface area contributed by atoms with Crippen molar-refractivity contribution in [1.82, 2.24) is 0 Å². The van der Waals surface area contributed by atoms with Gasteiger partial charge < -0.3 is 10.2 Å². The second-order valence-electron chi connectivity index (χ2n) is 19.5. The summed E-state index contributed by atoms with van der Waals surface area (Å²) < 4.78 is 0. The quantitative estimate of drug-likeness (QED) is 0.317. The topological polar surface area (TPSA) is 40.5 Å². The van der Waals surface area contributed by atoms with Crippen LogP contribution in [0.4, 0.5) is 0 Å². The number of aliphatic hydroxyl groups excluding tert-OH is 2. The van der Waals surface area contributed by atoms with E-state index in [4.69, 9.17) is 0 Å². The van der Waals surface area contributed by atoms with E-state index in [1.807, 2.05) is 0 Å². The first-order valence-electron chi connectivity index (χ1n) is 22.7. The van der Waals surface area contributed by atoms with E-state index in [2.05, 4.69) is 48.5 Å². The second kappa shape index (κ2) is 15.2. The third kappa shape index (κ3) is 6.31. The molecule has 6 fully saturated rings. The highest BCUT2D eigenvalue weighted by atomic mass is 16.3. The van der Waals surface area contributed by atoms with Crippen molar-refractivity contribution in [3.63, 3.8) is 0 Å². The van der Waals surface area contributed by atoms with Crippen LogP contribution in [0.1, 0.15) is 165 Å². The second-order valence-corrected chi connectivity index (χ2v) is 19.5. The van der Waals surface area contributed by atoms with E-state index in [1.54, 1.807) is 11.1 Å². The van der Waals surface area contributed by atoms with E-state index in [1.165, 1.54) is 165 Å². The lowest BCUT2D eigenvalue weighted by molar-refractivity contribution is -0.100. The van der Waals surface area contributed by atoms with E-state index in [-0.39, 0.29) is 17.6 Å². The fraction of sp³-hybridized carbons (Fsp3) is 0.755. The number of rotatable bonds is 6. The maximum Gasteiger partial charge on any atom is 0.0602 e. The highest BCUT2D eigenvalue weighted by Gasteiger charge is 2.60. The molecule has 7 aliphatic rings. The van der Waals surface area contributed by atoms with Crippen LogP contribution in [0, 0.1) is 59.2 Å². The molecule has 0 heterocycles. The molecule has 51 heavy (non-hydrogen) atoms. The number of hydrogen-bond donors (Lipinski definition) is 2. The van der Waals surface area contributed by atoms with Crippen LogP contribution in [0.5, 0.6) is 0 Å². The van der Waals surface area contributed by atoms with Gasteiger partial charge in [-0.3, -0.25) is 0 Å².